The van der Waals surface area contributed by atoms with E-state index >= 15 is 0 Å². The van der Waals surface area contributed by atoms with Crippen LogP contribution in [0.2, 0.25) is 5.02 Å². The molecule has 3 rings (SSSR count). The maximum absolute atomic E-state index is 12.8. The van der Waals surface area contributed by atoms with Crippen molar-refractivity contribution in [2.75, 3.05) is 26.2 Å². The summed E-state index contributed by atoms with van der Waals surface area (Å²) < 4.78 is 27.4. The molecular weight excluding hydrogens is 438 g/mol. The molecule has 1 fully saturated rings. The van der Waals surface area contributed by atoms with Gasteiger partial charge in [0, 0.05) is 36.8 Å². The molecule has 166 valence electrons. The minimum atomic E-state index is -3.85. The fraction of sp³-hybridized carbons (Fsp3) is 0.364. The fourth-order valence-electron chi connectivity index (χ4n) is 3.43. The van der Waals surface area contributed by atoms with Crippen LogP contribution in [0.5, 0.6) is 0 Å². The Morgan fingerprint density at radius 1 is 0.968 bits per heavy atom. The summed E-state index contributed by atoms with van der Waals surface area (Å²) in [6.45, 7) is 5.08. The number of benzene rings is 2. The highest BCUT2D eigenvalue weighted by atomic mass is 35.5. The lowest BCUT2D eigenvalue weighted by atomic mass is 10.1. The second-order valence-electron chi connectivity index (χ2n) is 7.46. The smallest absolute Gasteiger partial charge is 0.253 e. The zero-order valence-corrected chi connectivity index (χ0v) is 19.1. The Kier molecular flexibility index (Phi) is 7.35. The number of sulfonamides is 1. The van der Waals surface area contributed by atoms with Gasteiger partial charge in [-0.15, -0.1) is 0 Å². The summed E-state index contributed by atoms with van der Waals surface area (Å²) in [6.07, 6.45) is 0.912. The molecule has 1 aliphatic heterocycles. The zero-order chi connectivity index (χ0) is 22.6. The van der Waals surface area contributed by atoms with Gasteiger partial charge in [-0.05, 0) is 55.3 Å². The first-order chi connectivity index (χ1) is 14.7. The van der Waals surface area contributed by atoms with Crippen molar-refractivity contribution < 1.29 is 18.0 Å². The van der Waals surface area contributed by atoms with Crippen LogP contribution < -0.4 is 4.72 Å². The Hall–Kier alpha value is -2.42. The van der Waals surface area contributed by atoms with E-state index in [0.29, 0.717) is 36.8 Å². The first-order valence-electron chi connectivity index (χ1n) is 10.2. The minimum absolute atomic E-state index is 0.0426. The molecule has 7 nitrogen and oxygen atoms in total. The predicted molar refractivity (Wildman–Crippen MR) is 120 cm³/mol. The molecule has 1 aliphatic rings. The second-order valence-corrected chi connectivity index (χ2v) is 9.62. The van der Waals surface area contributed by atoms with E-state index in [0.717, 1.165) is 6.42 Å². The van der Waals surface area contributed by atoms with Crippen molar-refractivity contribution in [2.45, 2.75) is 31.2 Å². The number of nitrogens with one attached hydrogen (secondary N) is 1. The summed E-state index contributed by atoms with van der Waals surface area (Å²) in [4.78, 5) is 28.8. The van der Waals surface area contributed by atoms with Gasteiger partial charge < -0.3 is 9.80 Å². The number of amides is 2. The Balaban J connectivity index is 1.56. The van der Waals surface area contributed by atoms with Gasteiger partial charge in [0.2, 0.25) is 15.9 Å². The lowest BCUT2D eigenvalue weighted by Crippen LogP contribution is -2.55. The van der Waals surface area contributed by atoms with Crippen molar-refractivity contribution in [2.24, 2.45) is 0 Å². The molecule has 0 bridgehead atoms. The topological polar surface area (TPSA) is 86.8 Å². The SMILES string of the molecule is CCc1ccc(C(=O)N2CCN(C(=O)[C@H](C)NS(=O)(=O)c3ccc(Cl)cc3)CC2)cc1. The van der Waals surface area contributed by atoms with E-state index in [9.17, 15) is 18.0 Å². The third-order valence-electron chi connectivity index (χ3n) is 5.31. The van der Waals surface area contributed by atoms with Crippen LogP contribution in [-0.4, -0.2) is 62.3 Å². The van der Waals surface area contributed by atoms with E-state index in [1.807, 2.05) is 24.3 Å². The highest BCUT2D eigenvalue weighted by Gasteiger charge is 2.29. The molecule has 0 radical (unpaired) electrons. The highest BCUT2D eigenvalue weighted by molar-refractivity contribution is 7.89. The summed E-state index contributed by atoms with van der Waals surface area (Å²) in [5.41, 5.74) is 1.79. The van der Waals surface area contributed by atoms with Crippen LogP contribution >= 0.6 is 11.6 Å². The number of carbonyl (C=O) groups is 2. The average Bonchev–Trinajstić information content (AvgIpc) is 2.78. The van der Waals surface area contributed by atoms with Gasteiger partial charge in [-0.25, -0.2) is 8.42 Å². The number of aryl methyl sites for hydroxylation is 1. The van der Waals surface area contributed by atoms with Gasteiger partial charge in [0.25, 0.3) is 5.91 Å². The van der Waals surface area contributed by atoms with E-state index in [4.69, 9.17) is 11.6 Å². The van der Waals surface area contributed by atoms with Gasteiger partial charge in [0.15, 0.2) is 0 Å². The van der Waals surface area contributed by atoms with E-state index in [2.05, 4.69) is 11.6 Å². The van der Waals surface area contributed by atoms with Crippen LogP contribution in [0.25, 0.3) is 0 Å². The third-order valence-corrected chi connectivity index (χ3v) is 7.12. The largest absolute Gasteiger partial charge is 0.338 e. The van der Waals surface area contributed by atoms with Crippen molar-refractivity contribution in [3.63, 3.8) is 0 Å². The fourth-order valence-corrected chi connectivity index (χ4v) is 4.76. The van der Waals surface area contributed by atoms with Crippen molar-refractivity contribution in [3.8, 4) is 0 Å². The van der Waals surface area contributed by atoms with Crippen molar-refractivity contribution in [1.82, 2.24) is 14.5 Å². The number of piperazine rings is 1. The standard InChI is InChI=1S/C22H26ClN3O4S/c1-3-17-4-6-18(7-5-17)22(28)26-14-12-25(13-15-26)21(27)16(2)24-31(29,30)20-10-8-19(23)9-11-20/h4-11,16,24H,3,12-15H2,1-2H3/t16-/m0/s1. The molecule has 1 atom stereocenters. The number of halogens is 1. The van der Waals surface area contributed by atoms with E-state index in [-0.39, 0.29) is 16.7 Å². The van der Waals surface area contributed by atoms with Crippen LogP contribution in [0.3, 0.4) is 0 Å². The van der Waals surface area contributed by atoms with Gasteiger partial charge in [-0.3, -0.25) is 9.59 Å². The van der Waals surface area contributed by atoms with Gasteiger partial charge in [0.1, 0.15) is 0 Å². The Morgan fingerprint density at radius 2 is 1.52 bits per heavy atom. The van der Waals surface area contributed by atoms with Gasteiger partial charge >= 0.3 is 0 Å². The predicted octanol–water partition coefficient (Wildman–Crippen LogP) is 2.55. The van der Waals surface area contributed by atoms with Crippen molar-refractivity contribution in [3.05, 3.63) is 64.7 Å². The summed E-state index contributed by atoms with van der Waals surface area (Å²) in [5.74, 6) is -0.386. The van der Waals surface area contributed by atoms with E-state index < -0.39 is 16.1 Å². The molecule has 31 heavy (non-hydrogen) atoms. The van der Waals surface area contributed by atoms with Crippen LogP contribution in [0, 0.1) is 0 Å². The van der Waals surface area contributed by atoms with Crippen LogP contribution in [0.1, 0.15) is 29.8 Å². The molecule has 0 unspecified atom stereocenters. The molecule has 0 aliphatic carbocycles. The summed E-state index contributed by atoms with van der Waals surface area (Å²) in [5, 5.41) is 0.428. The molecule has 9 heteroatoms. The molecule has 2 aromatic rings. The number of hydrogen-bond donors (Lipinski definition) is 1. The lowest BCUT2D eigenvalue weighted by molar-refractivity contribution is -0.134. The maximum Gasteiger partial charge on any atom is 0.253 e. The Labute approximate surface area is 188 Å². The molecule has 1 heterocycles. The number of hydrogen-bond acceptors (Lipinski definition) is 4. The lowest BCUT2D eigenvalue weighted by Gasteiger charge is -2.36. The van der Waals surface area contributed by atoms with Crippen molar-refractivity contribution >= 4 is 33.4 Å². The average molecular weight is 464 g/mol. The number of nitrogens with zero attached hydrogens (tertiary/aromatic N) is 2. The zero-order valence-electron chi connectivity index (χ0n) is 17.5. The molecule has 0 spiro atoms. The molecule has 0 aromatic heterocycles. The van der Waals surface area contributed by atoms with Crippen molar-refractivity contribution in [1.29, 1.82) is 0 Å². The quantitative estimate of drug-likeness (QED) is 0.713. The molecular formula is C22H26ClN3O4S. The molecule has 0 saturated carbocycles. The van der Waals surface area contributed by atoms with Crippen LogP contribution in [-0.2, 0) is 21.2 Å². The third kappa shape index (κ3) is 5.64. The molecule has 1 saturated heterocycles. The van der Waals surface area contributed by atoms with E-state index in [1.54, 1.807) is 9.80 Å². The minimum Gasteiger partial charge on any atom is -0.338 e. The Bertz CT molecular complexity index is 1030. The Morgan fingerprint density at radius 3 is 2.06 bits per heavy atom. The second kappa shape index (κ2) is 9.80. The van der Waals surface area contributed by atoms with Gasteiger partial charge in [-0.1, -0.05) is 30.7 Å². The van der Waals surface area contributed by atoms with Crippen LogP contribution in [0.15, 0.2) is 53.4 Å². The first-order valence-corrected chi connectivity index (χ1v) is 12.0. The first kappa shape index (κ1) is 23.2. The summed E-state index contributed by atoms with van der Waals surface area (Å²) >= 11 is 5.80. The molecule has 2 aromatic carbocycles. The van der Waals surface area contributed by atoms with Crippen LogP contribution in [0.4, 0.5) is 0 Å². The number of carbonyl (C=O) groups excluding carboxylic acids is 2. The summed E-state index contributed by atoms with van der Waals surface area (Å²) in [6, 6.07) is 12.4. The van der Waals surface area contributed by atoms with Gasteiger partial charge in [0.05, 0.1) is 10.9 Å². The van der Waals surface area contributed by atoms with Gasteiger partial charge in [-0.2, -0.15) is 4.72 Å². The monoisotopic (exact) mass is 463 g/mol. The number of rotatable bonds is 6. The summed E-state index contributed by atoms with van der Waals surface area (Å²) in [7, 11) is -3.85. The molecule has 1 N–H and O–H groups in total. The van der Waals surface area contributed by atoms with E-state index in [1.165, 1.54) is 36.8 Å². The molecule has 2 amide bonds. The highest BCUT2D eigenvalue weighted by Crippen LogP contribution is 2.15. The maximum atomic E-state index is 12.8. The normalized spacial score (nSPS) is 15.6.